The van der Waals surface area contributed by atoms with Crippen molar-refractivity contribution < 1.29 is 0 Å². The number of benzene rings is 1. The Bertz CT molecular complexity index is 301. The second-order valence-electron chi connectivity index (χ2n) is 5.37. The van der Waals surface area contributed by atoms with Gasteiger partial charge in [0.05, 0.1) is 0 Å². The molecule has 1 rings (SSSR count). The van der Waals surface area contributed by atoms with Crippen molar-refractivity contribution in [1.29, 1.82) is 0 Å². The SMILES string of the molecule is CCC(CC)c1ccc(C(C)(C)CC)cc1. The molecule has 0 atom stereocenters. The molecule has 1 aromatic carbocycles. The van der Waals surface area contributed by atoms with Gasteiger partial charge in [0, 0.05) is 0 Å². The second kappa shape index (κ2) is 5.52. The van der Waals surface area contributed by atoms with Gasteiger partial charge in [-0.3, -0.25) is 0 Å². The summed E-state index contributed by atoms with van der Waals surface area (Å²) in [6.45, 7) is 11.4. The van der Waals surface area contributed by atoms with Crippen LogP contribution in [0.3, 0.4) is 0 Å². The lowest BCUT2D eigenvalue weighted by molar-refractivity contribution is 0.505. The fourth-order valence-corrected chi connectivity index (χ4v) is 2.17. The van der Waals surface area contributed by atoms with Crippen LogP contribution in [0, 0.1) is 0 Å². The summed E-state index contributed by atoms with van der Waals surface area (Å²) in [7, 11) is 0. The third kappa shape index (κ3) is 2.87. The van der Waals surface area contributed by atoms with Gasteiger partial charge >= 0.3 is 0 Å². The maximum atomic E-state index is 2.32. The summed E-state index contributed by atoms with van der Waals surface area (Å²) in [5.41, 5.74) is 3.28. The molecular formula is C16H26. The monoisotopic (exact) mass is 218 g/mol. The van der Waals surface area contributed by atoms with Gasteiger partial charge in [-0.2, -0.15) is 0 Å². The molecule has 0 heteroatoms. The molecule has 0 aliphatic carbocycles. The molecule has 0 aliphatic rings. The predicted molar refractivity (Wildman–Crippen MR) is 73.1 cm³/mol. The minimum absolute atomic E-state index is 0.312. The zero-order valence-corrected chi connectivity index (χ0v) is 11.5. The Kier molecular flexibility index (Phi) is 4.58. The highest BCUT2D eigenvalue weighted by Crippen LogP contribution is 2.29. The maximum Gasteiger partial charge on any atom is -0.0106 e. The predicted octanol–water partition coefficient (Wildman–Crippen LogP) is 5.28. The largest absolute Gasteiger partial charge is 0.0648 e. The first-order valence-corrected chi connectivity index (χ1v) is 6.65. The van der Waals surface area contributed by atoms with Crippen molar-refractivity contribution in [1.82, 2.24) is 0 Å². The highest BCUT2D eigenvalue weighted by molar-refractivity contribution is 5.29. The van der Waals surface area contributed by atoms with E-state index in [4.69, 9.17) is 0 Å². The Labute approximate surface area is 101 Å². The van der Waals surface area contributed by atoms with Crippen molar-refractivity contribution in [2.45, 2.75) is 65.2 Å². The molecule has 0 aromatic heterocycles. The summed E-state index contributed by atoms with van der Waals surface area (Å²) in [5.74, 6) is 0.735. The molecule has 90 valence electrons. The minimum Gasteiger partial charge on any atom is -0.0648 e. The van der Waals surface area contributed by atoms with Gasteiger partial charge in [0.1, 0.15) is 0 Å². The van der Waals surface area contributed by atoms with E-state index in [0.29, 0.717) is 5.41 Å². The van der Waals surface area contributed by atoms with Crippen LogP contribution in [-0.4, -0.2) is 0 Å². The number of hydrogen-bond donors (Lipinski definition) is 0. The zero-order chi connectivity index (χ0) is 12.2. The van der Waals surface area contributed by atoms with Crippen molar-refractivity contribution in [3.05, 3.63) is 35.4 Å². The van der Waals surface area contributed by atoms with Crippen molar-refractivity contribution >= 4 is 0 Å². The van der Waals surface area contributed by atoms with Crippen LogP contribution < -0.4 is 0 Å². The third-order valence-corrected chi connectivity index (χ3v) is 4.03. The normalized spacial score (nSPS) is 12.1. The number of hydrogen-bond acceptors (Lipinski definition) is 0. The highest BCUT2D eigenvalue weighted by Gasteiger charge is 2.18. The molecule has 0 aliphatic heterocycles. The third-order valence-electron chi connectivity index (χ3n) is 4.03. The van der Waals surface area contributed by atoms with Gasteiger partial charge in [-0.25, -0.2) is 0 Å². The van der Waals surface area contributed by atoms with Gasteiger partial charge in [-0.1, -0.05) is 58.9 Å². The molecule has 0 unspecified atom stereocenters. The van der Waals surface area contributed by atoms with Crippen LogP contribution >= 0.6 is 0 Å². The topological polar surface area (TPSA) is 0 Å². The Balaban J connectivity index is 2.90. The summed E-state index contributed by atoms with van der Waals surface area (Å²) < 4.78 is 0. The first-order valence-electron chi connectivity index (χ1n) is 6.65. The molecule has 0 heterocycles. The van der Waals surface area contributed by atoms with E-state index in [2.05, 4.69) is 58.9 Å². The van der Waals surface area contributed by atoms with Crippen molar-refractivity contribution in [2.24, 2.45) is 0 Å². The van der Waals surface area contributed by atoms with Crippen LogP contribution in [-0.2, 0) is 5.41 Å². The molecule has 0 amide bonds. The molecule has 0 bridgehead atoms. The van der Waals surface area contributed by atoms with Gasteiger partial charge in [0.2, 0.25) is 0 Å². The summed E-state index contributed by atoms with van der Waals surface area (Å²) in [5, 5.41) is 0. The van der Waals surface area contributed by atoms with Crippen molar-refractivity contribution in [2.75, 3.05) is 0 Å². The summed E-state index contributed by atoms with van der Waals surface area (Å²) >= 11 is 0. The smallest absolute Gasteiger partial charge is 0.0106 e. The average molecular weight is 218 g/mol. The van der Waals surface area contributed by atoms with E-state index in [1.165, 1.54) is 30.4 Å². The molecule has 0 saturated heterocycles. The molecule has 0 radical (unpaired) electrons. The fraction of sp³-hybridized carbons (Fsp3) is 0.625. The minimum atomic E-state index is 0.312. The first-order chi connectivity index (χ1) is 7.55. The molecule has 1 aromatic rings. The van der Waals surface area contributed by atoms with Gasteiger partial charge in [0.25, 0.3) is 0 Å². The van der Waals surface area contributed by atoms with Crippen molar-refractivity contribution in [3.8, 4) is 0 Å². The Morgan fingerprint density at radius 1 is 0.938 bits per heavy atom. The van der Waals surface area contributed by atoms with E-state index in [0.717, 1.165) is 5.92 Å². The van der Waals surface area contributed by atoms with Crippen molar-refractivity contribution in [3.63, 3.8) is 0 Å². The van der Waals surface area contributed by atoms with Gasteiger partial charge in [0.15, 0.2) is 0 Å². The van der Waals surface area contributed by atoms with Crippen LogP contribution in [0.5, 0.6) is 0 Å². The lowest BCUT2D eigenvalue weighted by Gasteiger charge is -2.24. The molecule has 0 spiro atoms. The Morgan fingerprint density at radius 3 is 1.81 bits per heavy atom. The number of rotatable bonds is 5. The van der Waals surface area contributed by atoms with Crippen LogP contribution in [0.1, 0.15) is 70.9 Å². The van der Waals surface area contributed by atoms with Crippen LogP contribution in [0.15, 0.2) is 24.3 Å². The van der Waals surface area contributed by atoms with Crippen LogP contribution in [0.4, 0.5) is 0 Å². The summed E-state index contributed by atoms with van der Waals surface area (Å²) in [6, 6.07) is 9.28. The van der Waals surface area contributed by atoms with Crippen LogP contribution in [0.2, 0.25) is 0 Å². The van der Waals surface area contributed by atoms with Gasteiger partial charge in [-0.05, 0) is 41.7 Å². The molecule has 0 saturated carbocycles. The summed E-state index contributed by atoms with van der Waals surface area (Å²) in [6.07, 6.45) is 3.68. The van der Waals surface area contributed by atoms with E-state index < -0.39 is 0 Å². The highest BCUT2D eigenvalue weighted by atomic mass is 14.2. The van der Waals surface area contributed by atoms with E-state index in [-0.39, 0.29) is 0 Å². The van der Waals surface area contributed by atoms with E-state index in [9.17, 15) is 0 Å². The Morgan fingerprint density at radius 2 is 1.44 bits per heavy atom. The Hall–Kier alpha value is -0.780. The molecule has 0 N–H and O–H groups in total. The molecular weight excluding hydrogens is 192 g/mol. The molecule has 0 nitrogen and oxygen atoms in total. The van der Waals surface area contributed by atoms with E-state index in [1.807, 2.05) is 0 Å². The van der Waals surface area contributed by atoms with Gasteiger partial charge in [-0.15, -0.1) is 0 Å². The van der Waals surface area contributed by atoms with E-state index in [1.54, 1.807) is 0 Å². The van der Waals surface area contributed by atoms with E-state index >= 15 is 0 Å². The second-order valence-corrected chi connectivity index (χ2v) is 5.37. The lowest BCUT2D eigenvalue weighted by atomic mass is 9.81. The standard InChI is InChI=1S/C16H26/c1-6-13(7-2)14-9-11-15(12-10-14)16(4,5)8-3/h9-13H,6-8H2,1-5H3. The fourth-order valence-electron chi connectivity index (χ4n) is 2.17. The first kappa shape index (κ1) is 13.3. The summed E-state index contributed by atoms with van der Waals surface area (Å²) in [4.78, 5) is 0. The molecule has 0 fully saturated rings. The molecule has 16 heavy (non-hydrogen) atoms. The zero-order valence-electron chi connectivity index (χ0n) is 11.5. The van der Waals surface area contributed by atoms with Gasteiger partial charge < -0.3 is 0 Å². The lowest BCUT2D eigenvalue weighted by Crippen LogP contribution is -2.15. The van der Waals surface area contributed by atoms with Crippen LogP contribution in [0.25, 0.3) is 0 Å². The quantitative estimate of drug-likeness (QED) is 0.631. The maximum absolute atomic E-state index is 2.32. The average Bonchev–Trinajstić information content (AvgIpc) is 2.31.